The molecule has 0 aliphatic carbocycles. The van der Waals surface area contributed by atoms with Gasteiger partial charge in [0.25, 0.3) is 0 Å². The van der Waals surface area contributed by atoms with Crippen LogP contribution in [-0.4, -0.2) is 58.5 Å². The average molecular weight is 208 g/mol. The van der Waals surface area contributed by atoms with Gasteiger partial charge in [0.15, 0.2) is 5.82 Å². The fraction of sp³-hybridized carbons (Fsp3) is 0.667. The smallest absolute Gasteiger partial charge is 0.223 e. The number of piperazine rings is 1. The van der Waals surface area contributed by atoms with Crippen LogP contribution in [0.2, 0.25) is 0 Å². The Morgan fingerprint density at radius 2 is 2.13 bits per heavy atom. The predicted octanol–water partition coefficient (Wildman–Crippen LogP) is -0.628. The minimum absolute atomic E-state index is 0.217. The van der Waals surface area contributed by atoms with Crippen molar-refractivity contribution >= 4 is 5.95 Å². The Hall–Kier alpha value is -1.27. The molecule has 0 radical (unpaired) electrons. The summed E-state index contributed by atoms with van der Waals surface area (Å²) >= 11 is 0. The molecule has 1 aliphatic rings. The quantitative estimate of drug-likeness (QED) is 0.662. The van der Waals surface area contributed by atoms with Crippen molar-refractivity contribution in [2.45, 2.75) is 6.04 Å². The number of anilines is 1. The van der Waals surface area contributed by atoms with E-state index in [9.17, 15) is 0 Å². The Morgan fingerprint density at radius 1 is 1.33 bits per heavy atom. The highest BCUT2D eigenvalue weighted by atomic mass is 15.3. The molecule has 2 rings (SSSR count). The molecule has 0 bridgehead atoms. The second-order valence-electron chi connectivity index (χ2n) is 3.96. The van der Waals surface area contributed by atoms with Crippen LogP contribution < -0.4 is 5.73 Å². The van der Waals surface area contributed by atoms with Gasteiger partial charge in [0.2, 0.25) is 5.95 Å². The van der Waals surface area contributed by atoms with Gasteiger partial charge in [-0.3, -0.25) is 4.90 Å². The molecule has 1 aliphatic heterocycles. The van der Waals surface area contributed by atoms with Gasteiger partial charge in [0.05, 0.1) is 6.04 Å². The van der Waals surface area contributed by atoms with Crippen LogP contribution >= 0.6 is 0 Å². The van der Waals surface area contributed by atoms with Crippen molar-refractivity contribution < 1.29 is 0 Å². The Kier molecular flexibility index (Phi) is 2.79. The number of rotatable bonds is 1. The number of nitrogens with zero attached hydrogens (tertiary/aromatic N) is 5. The summed E-state index contributed by atoms with van der Waals surface area (Å²) in [4.78, 5) is 16.7. The second kappa shape index (κ2) is 4.08. The summed E-state index contributed by atoms with van der Waals surface area (Å²) in [6, 6.07) is 0.217. The van der Waals surface area contributed by atoms with Crippen LogP contribution in [0.25, 0.3) is 0 Å². The molecule has 0 saturated carbocycles. The van der Waals surface area contributed by atoms with Crippen LogP contribution in [0.1, 0.15) is 11.9 Å². The second-order valence-corrected chi connectivity index (χ2v) is 3.96. The fourth-order valence-corrected chi connectivity index (χ4v) is 1.77. The van der Waals surface area contributed by atoms with Crippen LogP contribution in [0, 0.1) is 0 Å². The highest BCUT2D eigenvalue weighted by Crippen LogP contribution is 2.19. The van der Waals surface area contributed by atoms with E-state index in [1.807, 2.05) is 0 Å². The number of aromatic nitrogens is 3. The third kappa shape index (κ3) is 2.21. The lowest BCUT2D eigenvalue weighted by Crippen LogP contribution is -2.45. The van der Waals surface area contributed by atoms with Gasteiger partial charge in [-0.1, -0.05) is 0 Å². The molecule has 15 heavy (non-hydrogen) atoms. The first-order chi connectivity index (χ1) is 7.16. The predicted molar refractivity (Wildman–Crippen MR) is 57.1 cm³/mol. The maximum atomic E-state index is 5.55. The van der Waals surface area contributed by atoms with Gasteiger partial charge >= 0.3 is 0 Å². The molecule has 6 nitrogen and oxygen atoms in total. The van der Waals surface area contributed by atoms with Crippen molar-refractivity contribution in [3.05, 3.63) is 12.2 Å². The lowest BCUT2D eigenvalue weighted by Gasteiger charge is -2.36. The minimum Gasteiger partial charge on any atom is -0.368 e. The number of nitrogens with two attached hydrogens (primary N) is 1. The van der Waals surface area contributed by atoms with E-state index in [0.717, 1.165) is 25.5 Å². The Bertz CT molecular complexity index is 341. The average Bonchev–Trinajstić information content (AvgIpc) is 2.22. The molecular weight excluding hydrogens is 192 g/mol. The van der Waals surface area contributed by atoms with E-state index < -0.39 is 0 Å². The first kappa shape index (κ1) is 10.3. The molecule has 0 spiro atoms. The SMILES string of the molecule is CN1CCN(C)C(c2ncnc(N)n2)C1. The van der Waals surface area contributed by atoms with Crippen LogP contribution in [0.5, 0.6) is 0 Å². The van der Waals surface area contributed by atoms with Crippen molar-refractivity contribution in [1.29, 1.82) is 0 Å². The topological polar surface area (TPSA) is 71.2 Å². The maximum Gasteiger partial charge on any atom is 0.223 e. The van der Waals surface area contributed by atoms with E-state index in [0.29, 0.717) is 5.95 Å². The number of likely N-dealkylation sites (N-methyl/N-ethyl adjacent to an activating group) is 2. The van der Waals surface area contributed by atoms with Gasteiger partial charge in [-0.2, -0.15) is 4.98 Å². The highest BCUT2D eigenvalue weighted by molar-refractivity contribution is 5.14. The summed E-state index contributed by atoms with van der Waals surface area (Å²) in [6.07, 6.45) is 1.47. The van der Waals surface area contributed by atoms with Gasteiger partial charge in [-0.05, 0) is 14.1 Å². The van der Waals surface area contributed by atoms with Gasteiger partial charge in [-0.25, -0.2) is 9.97 Å². The molecule has 0 aromatic carbocycles. The molecule has 1 aromatic rings. The Balaban J connectivity index is 2.21. The van der Waals surface area contributed by atoms with Gasteiger partial charge in [-0.15, -0.1) is 0 Å². The summed E-state index contributed by atoms with van der Waals surface area (Å²) < 4.78 is 0. The summed E-state index contributed by atoms with van der Waals surface area (Å²) in [6.45, 7) is 3.03. The monoisotopic (exact) mass is 208 g/mol. The number of hydrogen-bond acceptors (Lipinski definition) is 6. The van der Waals surface area contributed by atoms with Crippen LogP contribution in [0.15, 0.2) is 6.33 Å². The number of nitrogen functional groups attached to an aromatic ring is 1. The van der Waals surface area contributed by atoms with Crippen LogP contribution in [0.3, 0.4) is 0 Å². The van der Waals surface area contributed by atoms with Crippen molar-refractivity contribution in [2.75, 3.05) is 39.5 Å². The summed E-state index contributed by atoms with van der Waals surface area (Å²) in [5.74, 6) is 1.05. The van der Waals surface area contributed by atoms with Crippen LogP contribution in [-0.2, 0) is 0 Å². The van der Waals surface area contributed by atoms with E-state index in [2.05, 4.69) is 38.8 Å². The van der Waals surface area contributed by atoms with E-state index >= 15 is 0 Å². The van der Waals surface area contributed by atoms with Gasteiger partial charge in [0, 0.05) is 19.6 Å². The molecule has 2 N–H and O–H groups in total. The maximum absolute atomic E-state index is 5.55. The summed E-state index contributed by atoms with van der Waals surface area (Å²) in [5, 5.41) is 0. The van der Waals surface area contributed by atoms with Crippen molar-refractivity contribution in [2.24, 2.45) is 0 Å². The van der Waals surface area contributed by atoms with Crippen LogP contribution in [0.4, 0.5) is 5.95 Å². The highest BCUT2D eigenvalue weighted by Gasteiger charge is 2.25. The molecule has 2 heterocycles. The van der Waals surface area contributed by atoms with E-state index in [4.69, 9.17) is 5.73 Å². The normalized spacial score (nSPS) is 24.3. The molecule has 1 atom stereocenters. The summed E-state index contributed by atoms with van der Waals surface area (Å²) in [5.41, 5.74) is 5.55. The fourth-order valence-electron chi connectivity index (χ4n) is 1.77. The zero-order valence-electron chi connectivity index (χ0n) is 9.09. The first-order valence-electron chi connectivity index (χ1n) is 5.00. The molecule has 1 fully saturated rings. The zero-order valence-corrected chi connectivity index (χ0v) is 9.09. The minimum atomic E-state index is 0.217. The summed E-state index contributed by atoms with van der Waals surface area (Å²) in [7, 11) is 4.18. The lowest BCUT2D eigenvalue weighted by atomic mass is 10.2. The molecule has 1 saturated heterocycles. The first-order valence-corrected chi connectivity index (χ1v) is 5.00. The Morgan fingerprint density at radius 3 is 2.87 bits per heavy atom. The third-order valence-corrected chi connectivity index (χ3v) is 2.76. The largest absolute Gasteiger partial charge is 0.368 e. The van der Waals surface area contributed by atoms with E-state index in [1.165, 1.54) is 6.33 Å². The van der Waals surface area contributed by atoms with E-state index in [-0.39, 0.29) is 6.04 Å². The van der Waals surface area contributed by atoms with Crippen molar-refractivity contribution in [3.8, 4) is 0 Å². The molecule has 6 heteroatoms. The molecular formula is C9H16N6. The van der Waals surface area contributed by atoms with Gasteiger partial charge in [0.1, 0.15) is 6.33 Å². The molecule has 82 valence electrons. The molecule has 1 aromatic heterocycles. The lowest BCUT2D eigenvalue weighted by molar-refractivity contribution is 0.109. The van der Waals surface area contributed by atoms with Crippen molar-refractivity contribution in [1.82, 2.24) is 24.8 Å². The molecule has 0 amide bonds. The van der Waals surface area contributed by atoms with E-state index in [1.54, 1.807) is 0 Å². The van der Waals surface area contributed by atoms with Gasteiger partial charge < -0.3 is 10.6 Å². The van der Waals surface area contributed by atoms with Crippen molar-refractivity contribution in [3.63, 3.8) is 0 Å². The standard InChI is InChI=1S/C9H16N6/c1-14-3-4-15(2)7(5-14)8-11-6-12-9(10)13-8/h6-7H,3-5H2,1-2H3,(H2,10,11,12,13). The molecule has 1 unspecified atom stereocenters. The number of hydrogen-bond donors (Lipinski definition) is 1. The zero-order chi connectivity index (χ0) is 10.8. The third-order valence-electron chi connectivity index (χ3n) is 2.76. The Labute approximate surface area is 89.1 Å².